The van der Waals surface area contributed by atoms with Crippen LogP contribution in [0.25, 0.3) is 0 Å². The molecular formula is C60H68ClN3. The van der Waals surface area contributed by atoms with Gasteiger partial charge in [0.25, 0.3) is 0 Å². The van der Waals surface area contributed by atoms with Crippen molar-refractivity contribution in [3.8, 4) is 0 Å². The lowest BCUT2D eigenvalue weighted by Crippen LogP contribution is -2.17. The summed E-state index contributed by atoms with van der Waals surface area (Å²) < 4.78 is 0. The lowest BCUT2D eigenvalue weighted by atomic mass is 10.0. The van der Waals surface area contributed by atoms with E-state index in [1.807, 2.05) is 0 Å². The molecule has 330 valence electrons. The molecule has 3 nitrogen and oxygen atoms in total. The Morgan fingerprint density at radius 1 is 0.312 bits per heavy atom. The van der Waals surface area contributed by atoms with Gasteiger partial charge in [0.2, 0.25) is 0 Å². The van der Waals surface area contributed by atoms with E-state index in [-0.39, 0.29) is 0 Å². The fraction of sp³-hybridized carbons (Fsp3) is 0.300. The lowest BCUT2D eigenvalue weighted by molar-refractivity contribution is 0.795. The van der Waals surface area contributed by atoms with Gasteiger partial charge in [-0.1, -0.05) is 149 Å². The predicted octanol–water partition coefficient (Wildman–Crippen LogP) is 18.7. The maximum Gasteiger partial charge on any atom is 0.0888 e. The minimum atomic E-state index is 0.673. The average molecular weight is 867 g/mol. The van der Waals surface area contributed by atoms with E-state index in [4.69, 9.17) is 11.6 Å². The van der Waals surface area contributed by atoms with Crippen LogP contribution in [0.15, 0.2) is 158 Å². The van der Waals surface area contributed by atoms with Crippen LogP contribution in [0.4, 0.5) is 51.2 Å². The van der Waals surface area contributed by atoms with Crippen LogP contribution in [0.3, 0.4) is 0 Å². The Morgan fingerprint density at radius 3 is 0.797 bits per heavy atom. The second-order valence-corrected chi connectivity index (χ2v) is 17.9. The van der Waals surface area contributed by atoms with E-state index in [1.165, 1.54) is 84.7 Å². The van der Waals surface area contributed by atoms with Gasteiger partial charge in [-0.3, -0.25) is 0 Å². The van der Waals surface area contributed by atoms with Crippen LogP contribution < -0.4 is 14.7 Å². The molecule has 7 aromatic carbocycles. The molecule has 0 aromatic heterocycles. The molecule has 64 heavy (non-hydrogen) atoms. The molecule has 0 aliphatic rings. The summed E-state index contributed by atoms with van der Waals surface area (Å²) in [6.07, 6.45) is 13.6. The highest BCUT2D eigenvalue weighted by Crippen LogP contribution is 2.51. The minimum Gasteiger partial charge on any atom is -0.310 e. The van der Waals surface area contributed by atoms with E-state index in [9.17, 15) is 0 Å². The zero-order valence-corrected chi connectivity index (χ0v) is 40.0. The van der Waals surface area contributed by atoms with Crippen LogP contribution in [0, 0.1) is 13.8 Å². The van der Waals surface area contributed by atoms with Gasteiger partial charge in [0.15, 0.2) is 0 Å². The molecule has 0 aliphatic heterocycles. The van der Waals surface area contributed by atoms with Gasteiger partial charge in [-0.15, -0.1) is 0 Å². The van der Waals surface area contributed by atoms with E-state index in [0.717, 1.165) is 76.9 Å². The van der Waals surface area contributed by atoms with Gasteiger partial charge in [0.05, 0.1) is 22.1 Å². The van der Waals surface area contributed by atoms with Crippen molar-refractivity contribution in [1.29, 1.82) is 0 Å². The molecule has 7 aromatic rings. The smallest absolute Gasteiger partial charge is 0.0888 e. The number of rotatable bonds is 21. The Balaban J connectivity index is 1.52. The van der Waals surface area contributed by atoms with E-state index >= 15 is 0 Å². The largest absolute Gasteiger partial charge is 0.310 e. The van der Waals surface area contributed by atoms with Gasteiger partial charge in [-0.05, 0) is 172 Å². The van der Waals surface area contributed by atoms with E-state index in [2.05, 4.69) is 214 Å². The molecule has 0 saturated carbocycles. The lowest BCUT2D eigenvalue weighted by Gasteiger charge is -2.34. The van der Waals surface area contributed by atoms with Gasteiger partial charge >= 0.3 is 0 Å². The summed E-state index contributed by atoms with van der Waals surface area (Å²) in [6.45, 7) is 13.3. The number of hydrogen-bond donors (Lipinski definition) is 0. The van der Waals surface area contributed by atoms with Crippen LogP contribution >= 0.6 is 11.6 Å². The molecule has 7 rings (SSSR count). The van der Waals surface area contributed by atoms with Crippen molar-refractivity contribution in [2.24, 2.45) is 0 Å². The summed E-state index contributed by atoms with van der Waals surface area (Å²) in [5.41, 5.74) is 17.1. The van der Waals surface area contributed by atoms with E-state index in [1.54, 1.807) is 0 Å². The summed E-state index contributed by atoms with van der Waals surface area (Å²) >= 11 is 8.11. The van der Waals surface area contributed by atoms with Gasteiger partial charge in [-0.25, -0.2) is 0 Å². The van der Waals surface area contributed by atoms with Gasteiger partial charge in [-0.2, -0.15) is 0 Å². The number of halogens is 1. The highest BCUT2D eigenvalue weighted by Gasteiger charge is 2.26. The Kier molecular flexibility index (Phi) is 16.4. The first-order chi connectivity index (χ1) is 31.3. The third-order valence-corrected chi connectivity index (χ3v) is 12.8. The molecule has 0 spiro atoms. The molecule has 0 unspecified atom stereocenters. The molecular weight excluding hydrogens is 798 g/mol. The summed E-state index contributed by atoms with van der Waals surface area (Å²) in [5.74, 6) is 0. The van der Waals surface area contributed by atoms with Crippen molar-refractivity contribution in [2.45, 2.75) is 119 Å². The standard InChI is InChI=1S/C60H68ClN3/c1-7-11-15-47-23-35-53(36-24-47)63(54-37-25-48(26-38-54)16-12-8-2)58-43-57(62(51-31-19-45(5)20-32-51)52-33-21-46(6)22-34-52)44-59(60(58)61)64(55-39-27-49(28-40-55)17-13-9-3)56-41-29-50(30-42-56)18-14-10-4/h19-44H,7-18H2,1-6H3. The molecule has 0 amide bonds. The third kappa shape index (κ3) is 11.5. The molecule has 0 atom stereocenters. The molecule has 4 heteroatoms. The van der Waals surface area contributed by atoms with Crippen LogP contribution in [0.2, 0.25) is 5.02 Å². The Bertz CT molecular complexity index is 2210. The number of aryl methyl sites for hydroxylation is 6. The van der Waals surface area contributed by atoms with Crippen LogP contribution in [-0.4, -0.2) is 0 Å². The molecule has 0 bridgehead atoms. The SMILES string of the molecule is CCCCc1ccc(N(c2ccc(CCCC)cc2)c2cc(N(c3ccc(C)cc3)c3ccc(C)cc3)cc(N(c3ccc(CCCC)cc3)c3ccc(CCCC)cc3)c2Cl)cc1. The zero-order valence-electron chi connectivity index (χ0n) is 39.2. The second-order valence-electron chi connectivity index (χ2n) is 17.6. The number of unbranched alkanes of at least 4 members (excludes halogenated alkanes) is 4. The van der Waals surface area contributed by atoms with E-state index < -0.39 is 0 Å². The van der Waals surface area contributed by atoms with Crippen LogP contribution in [0.5, 0.6) is 0 Å². The minimum absolute atomic E-state index is 0.673. The number of nitrogens with zero attached hydrogens (tertiary/aromatic N) is 3. The quantitative estimate of drug-likeness (QED) is 0.0712. The number of anilines is 9. The van der Waals surface area contributed by atoms with Crippen molar-refractivity contribution in [3.05, 3.63) is 196 Å². The van der Waals surface area contributed by atoms with Gasteiger partial charge in [0, 0.05) is 34.1 Å². The second kappa shape index (κ2) is 22.7. The fourth-order valence-electron chi connectivity index (χ4n) is 8.49. The predicted molar refractivity (Wildman–Crippen MR) is 279 cm³/mol. The molecule has 0 heterocycles. The molecule has 0 N–H and O–H groups in total. The Hall–Kier alpha value is -5.77. The molecule has 0 aliphatic carbocycles. The third-order valence-electron chi connectivity index (χ3n) is 12.4. The first kappa shape index (κ1) is 46.2. The molecule has 0 saturated heterocycles. The van der Waals surface area contributed by atoms with Crippen molar-refractivity contribution >= 4 is 62.8 Å². The highest BCUT2D eigenvalue weighted by molar-refractivity contribution is 6.37. The molecule has 0 radical (unpaired) electrons. The maximum absolute atomic E-state index is 8.11. The first-order valence-electron chi connectivity index (χ1n) is 24.0. The van der Waals surface area contributed by atoms with Gasteiger partial charge in [0.1, 0.15) is 0 Å². The number of benzene rings is 7. The normalized spacial score (nSPS) is 11.2. The summed E-state index contributed by atoms with van der Waals surface area (Å²) in [6, 6.07) is 58.9. The highest BCUT2D eigenvalue weighted by atomic mass is 35.5. The summed E-state index contributed by atoms with van der Waals surface area (Å²) in [4.78, 5) is 7.11. The van der Waals surface area contributed by atoms with Gasteiger partial charge < -0.3 is 14.7 Å². The summed E-state index contributed by atoms with van der Waals surface area (Å²) in [7, 11) is 0. The monoisotopic (exact) mass is 866 g/mol. The number of hydrogen-bond acceptors (Lipinski definition) is 3. The van der Waals surface area contributed by atoms with Crippen LogP contribution in [0.1, 0.15) is 112 Å². The van der Waals surface area contributed by atoms with Crippen molar-refractivity contribution in [2.75, 3.05) is 14.7 Å². The molecule has 0 fully saturated rings. The Labute approximate surface area is 390 Å². The zero-order chi connectivity index (χ0) is 44.8. The van der Waals surface area contributed by atoms with Crippen molar-refractivity contribution in [1.82, 2.24) is 0 Å². The fourth-order valence-corrected chi connectivity index (χ4v) is 8.77. The van der Waals surface area contributed by atoms with Crippen molar-refractivity contribution < 1.29 is 0 Å². The first-order valence-corrected chi connectivity index (χ1v) is 24.4. The van der Waals surface area contributed by atoms with Crippen LogP contribution in [-0.2, 0) is 25.7 Å². The van der Waals surface area contributed by atoms with Crippen molar-refractivity contribution in [3.63, 3.8) is 0 Å². The summed E-state index contributed by atoms with van der Waals surface area (Å²) in [5, 5.41) is 0.673. The van der Waals surface area contributed by atoms with E-state index in [0.29, 0.717) is 5.02 Å². The topological polar surface area (TPSA) is 9.72 Å². The maximum atomic E-state index is 8.11. The Morgan fingerprint density at radius 2 is 0.547 bits per heavy atom. The average Bonchev–Trinajstić information content (AvgIpc) is 3.33.